The van der Waals surface area contributed by atoms with Gasteiger partial charge in [-0.2, -0.15) is 0 Å². The van der Waals surface area contributed by atoms with Gasteiger partial charge in [0.15, 0.2) is 6.29 Å². The first-order chi connectivity index (χ1) is 8.22. The van der Waals surface area contributed by atoms with Crippen LogP contribution in [0.2, 0.25) is 0 Å². The maximum absolute atomic E-state index is 5.72. The fourth-order valence-electron chi connectivity index (χ4n) is 1.67. The van der Waals surface area contributed by atoms with E-state index in [2.05, 4.69) is 4.99 Å². The van der Waals surface area contributed by atoms with E-state index < -0.39 is 0 Å². The third-order valence-corrected chi connectivity index (χ3v) is 2.45. The largest absolute Gasteiger partial charge is 0.498 e. The number of ether oxygens (including phenoxy) is 3. The van der Waals surface area contributed by atoms with Gasteiger partial charge in [0.25, 0.3) is 0 Å². The van der Waals surface area contributed by atoms with Crippen molar-refractivity contribution in [2.24, 2.45) is 4.99 Å². The Labute approximate surface area is 104 Å². The fraction of sp³-hybridized carbons (Fsp3) is 0.769. The molecule has 1 aliphatic heterocycles. The van der Waals surface area contributed by atoms with Crippen molar-refractivity contribution >= 4 is 6.21 Å². The minimum Gasteiger partial charge on any atom is -0.498 e. The Morgan fingerprint density at radius 2 is 2.35 bits per heavy atom. The summed E-state index contributed by atoms with van der Waals surface area (Å²) in [6, 6.07) is 0. The normalized spacial score (nSPS) is 23.9. The standard InChI is InChI=1S/C13H23NO3/c1-11(8-14-3)9-15-10-12(2)17-13-6-4-5-7-16-13/h8-9,12-13H,4-7,10H2,1-3H3/b11-9+,14-8-. The van der Waals surface area contributed by atoms with E-state index >= 15 is 0 Å². The van der Waals surface area contributed by atoms with Crippen molar-refractivity contribution in [3.63, 3.8) is 0 Å². The van der Waals surface area contributed by atoms with Gasteiger partial charge in [0.2, 0.25) is 0 Å². The Bertz CT molecular complexity index is 257. The maximum Gasteiger partial charge on any atom is 0.158 e. The zero-order valence-corrected chi connectivity index (χ0v) is 11.0. The number of nitrogens with zero attached hydrogens (tertiary/aromatic N) is 1. The summed E-state index contributed by atoms with van der Waals surface area (Å²) in [4.78, 5) is 3.90. The Kier molecular flexibility index (Phi) is 6.89. The molecule has 4 nitrogen and oxygen atoms in total. The van der Waals surface area contributed by atoms with Gasteiger partial charge in [0, 0.05) is 25.4 Å². The molecule has 17 heavy (non-hydrogen) atoms. The van der Waals surface area contributed by atoms with Gasteiger partial charge in [0.1, 0.15) is 6.61 Å². The predicted octanol–water partition coefficient (Wildman–Crippen LogP) is 2.54. The summed E-state index contributed by atoms with van der Waals surface area (Å²) >= 11 is 0. The molecule has 1 heterocycles. The quantitative estimate of drug-likeness (QED) is 0.530. The topological polar surface area (TPSA) is 40.0 Å². The van der Waals surface area contributed by atoms with Gasteiger partial charge >= 0.3 is 0 Å². The van der Waals surface area contributed by atoms with Crippen LogP contribution >= 0.6 is 0 Å². The molecule has 1 aliphatic rings. The van der Waals surface area contributed by atoms with Gasteiger partial charge in [-0.05, 0) is 33.1 Å². The molecule has 1 rings (SSSR count). The summed E-state index contributed by atoms with van der Waals surface area (Å²) in [6.45, 7) is 5.29. The Morgan fingerprint density at radius 1 is 1.53 bits per heavy atom. The second-order valence-corrected chi connectivity index (χ2v) is 4.33. The van der Waals surface area contributed by atoms with Gasteiger partial charge < -0.3 is 14.2 Å². The second-order valence-electron chi connectivity index (χ2n) is 4.33. The molecular formula is C13H23NO3. The number of allylic oxidation sites excluding steroid dienone is 1. The van der Waals surface area contributed by atoms with Gasteiger partial charge in [0.05, 0.1) is 12.4 Å². The van der Waals surface area contributed by atoms with E-state index in [1.54, 1.807) is 19.5 Å². The molecule has 0 aromatic carbocycles. The Hall–Kier alpha value is -0.870. The molecular weight excluding hydrogens is 218 g/mol. The average molecular weight is 241 g/mol. The summed E-state index contributed by atoms with van der Waals surface area (Å²) in [5.41, 5.74) is 0.994. The first kappa shape index (κ1) is 14.2. The number of aliphatic imine (C=N–C) groups is 1. The highest BCUT2D eigenvalue weighted by Gasteiger charge is 2.17. The maximum atomic E-state index is 5.72. The summed E-state index contributed by atoms with van der Waals surface area (Å²) in [7, 11) is 1.74. The molecule has 98 valence electrons. The molecule has 0 aromatic heterocycles. The predicted molar refractivity (Wildman–Crippen MR) is 68.3 cm³/mol. The molecule has 0 aliphatic carbocycles. The number of hydrogen-bond acceptors (Lipinski definition) is 4. The van der Waals surface area contributed by atoms with Crippen LogP contribution in [0.15, 0.2) is 16.8 Å². The van der Waals surface area contributed by atoms with Crippen molar-refractivity contribution < 1.29 is 14.2 Å². The van der Waals surface area contributed by atoms with Crippen LogP contribution in [0, 0.1) is 0 Å². The van der Waals surface area contributed by atoms with E-state index in [9.17, 15) is 0 Å². The Morgan fingerprint density at radius 3 is 3.00 bits per heavy atom. The lowest BCUT2D eigenvalue weighted by molar-refractivity contribution is -0.190. The molecule has 0 aromatic rings. The molecule has 2 atom stereocenters. The highest BCUT2D eigenvalue weighted by molar-refractivity contribution is 5.76. The first-order valence-electron chi connectivity index (χ1n) is 6.20. The van der Waals surface area contributed by atoms with E-state index in [4.69, 9.17) is 14.2 Å². The van der Waals surface area contributed by atoms with Gasteiger partial charge in [-0.25, -0.2) is 0 Å². The van der Waals surface area contributed by atoms with Crippen molar-refractivity contribution in [1.29, 1.82) is 0 Å². The molecule has 1 saturated heterocycles. The fourth-order valence-corrected chi connectivity index (χ4v) is 1.67. The lowest BCUT2D eigenvalue weighted by Gasteiger charge is -2.25. The van der Waals surface area contributed by atoms with Crippen LogP contribution in [-0.2, 0) is 14.2 Å². The minimum atomic E-state index is -0.0513. The van der Waals surface area contributed by atoms with Crippen molar-refractivity contribution in [2.75, 3.05) is 20.3 Å². The lowest BCUT2D eigenvalue weighted by Crippen LogP contribution is -2.28. The number of rotatable bonds is 6. The highest BCUT2D eigenvalue weighted by atomic mass is 16.7. The van der Waals surface area contributed by atoms with Crippen LogP contribution in [0.1, 0.15) is 33.1 Å². The van der Waals surface area contributed by atoms with Crippen molar-refractivity contribution in [1.82, 2.24) is 0 Å². The van der Waals surface area contributed by atoms with Crippen LogP contribution in [-0.4, -0.2) is 38.9 Å². The van der Waals surface area contributed by atoms with E-state index in [0.29, 0.717) is 6.61 Å². The zero-order valence-electron chi connectivity index (χ0n) is 11.0. The lowest BCUT2D eigenvalue weighted by atomic mass is 10.2. The molecule has 2 unspecified atom stereocenters. The molecule has 0 saturated carbocycles. The third-order valence-electron chi connectivity index (χ3n) is 2.45. The Balaban J connectivity index is 2.15. The molecule has 4 heteroatoms. The van der Waals surface area contributed by atoms with Crippen LogP contribution in [0.5, 0.6) is 0 Å². The molecule has 0 N–H and O–H groups in total. The summed E-state index contributed by atoms with van der Waals surface area (Å²) in [5.74, 6) is 0. The average Bonchev–Trinajstić information content (AvgIpc) is 2.30. The van der Waals surface area contributed by atoms with Crippen molar-refractivity contribution in [3.05, 3.63) is 11.8 Å². The van der Waals surface area contributed by atoms with Crippen molar-refractivity contribution in [2.45, 2.75) is 45.5 Å². The van der Waals surface area contributed by atoms with E-state index in [1.165, 1.54) is 6.42 Å². The monoisotopic (exact) mass is 241 g/mol. The highest BCUT2D eigenvalue weighted by Crippen LogP contribution is 2.15. The number of hydrogen-bond donors (Lipinski definition) is 0. The van der Waals surface area contributed by atoms with Crippen LogP contribution in [0.4, 0.5) is 0 Å². The van der Waals surface area contributed by atoms with Crippen LogP contribution in [0.25, 0.3) is 0 Å². The zero-order chi connectivity index (χ0) is 12.5. The van der Waals surface area contributed by atoms with Gasteiger partial charge in [-0.15, -0.1) is 0 Å². The molecule has 0 radical (unpaired) electrons. The van der Waals surface area contributed by atoms with Gasteiger partial charge in [-0.1, -0.05) is 0 Å². The smallest absolute Gasteiger partial charge is 0.158 e. The molecule has 1 fully saturated rings. The SMILES string of the molecule is C/N=C\C(C)=C\OCC(C)OC1CCCCO1. The molecule has 0 bridgehead atoms. The van der Waals surface area contributed by atoms with Crippen molar-refractivity contribution in [3.8, 4) is 0 Å². The van der Waals surface area contributed by atoms with Gasteiger partial charge in [-0.3, -0.25) is 4.99 Å². The molecule has 0 amide bonds. The van der Waals surface area contributed by atoms with E-state index in [1.807, 2.05) is 13.8 Å². The summed E-state index contributed by atoms with van der Waals surface area (Å²) < 4.78 is 16.6. The van der Waals surface area contributed by atoms with Crippen LogP contribution in [0.3, 0.4) is 0 Å². The molecule has 0 spiro atoms. The van der Waals surface area contributed by atoms with E-state index in [-0.39, 0.29) is 12.4 Å². The minimum absolute atomic E-state index is 0.0423. The third kappa shape index (κ3) is 6.44. The second kappa shape index (κ2) is 8.25. The first-order valence-corrected chi connectivity index (χ1v) is 6.20. The summed E-state index contributed by atoms with van der Waals surface area (Å²) in [5, 5.41) is 0. The van der Waals surface area contributed by atoms with Crippen LogP contribution < -0.4 is 0 Å². The summed E-state index contributed by atoms with van der Waals surface area (Å²) in [6.07, 6.45) is 6.77. The van der Waals surface area contributed by atoms with E-state index in [0.717, 1.165) is 25.0 Å².